The highest BCUT2D eigenvalue weighted by Crippen LogP contribution is 2.27. The van der Waals surface area contributed by atoms with Crippen LogP contribution in [0.15, 0.2) is 12.1 Å². The second kappa shape index (κ2) is 6.28. The molecule has 0 aliphatic heterocycles. The van der Waals surface area contributed by atoms with Gasteiger partial charge in [-0.25, -0.2) is 0 Å². The van der Waals surface area contributed by atoms with Gasteiger partial charge >= 0.3 is 0 Å². The number of carbonyl (C=O) groups is 1. The fourth-order valence-electron chi connectivity index (χ4n) is 1.69. The van der Waals surface area contributed by atoms with Crippen LogP contribution in [0.1, 0.15) is 24.0 Å². The summed E-state index contributed by atoms with van der Waals surface area (Å²) in [7, 11) is 3.52. The molecule has 0 heterocycles. The number of rotatable bonds is 5. The van der Waals surface area contributed by atoms with Crippen LogP contribution >= 0.6 is 0 Å². The first kappa shape index (κ1) is 14.4. The number of nitrogens with two attached hydrogens (primary N) is 1. The van der Waals surface area contributed by atoms with Crippen LogP contribution in [-0.2, 0) is 4.79 Å². The molecule has 0 aliphatic carbocycles. The highest BCUT2D eigenvalue weighted by atomic mass is 16.5. The van der Waals surface area contributed by atoms with Crippen molar-refractivity contribution in [2.24, 2.45) is 0 Å². The molecule has 0 radical (unpaired) electrons. The summed E-state index contributed by atoms with van der Waals surface area (Å²) in [4.78, 5) is 13.0. The Kier molecular flexibility index (Phi) is 5.01. The van der Waals surface area contributed by atoms with Crippen LogP contribution < -0.4 is 10.5 Å². The number of carbonyl (C=O) groups excluding carboxylic acids is 1. The molecule has 0 bridgehead atoms. The number of hydrogen-bond donors (Lipinski definition) is 1. The van der Waals surface area contributed by atoms with Crippen LogP contribution in [0.2, 0.25) is 0 Å². The molecular formula is C14H22N2O2. The predicted molar refractivity (Wildman–Crippen MR) is 73.8 cm³/mol. The Hall–Kier alpha value is -1.71. The lowest BCUT2D eigenvalue weighted by atomic mass is 10.1. The normalized spacial score (nSPS) is 10.2. The standard InChI is InChI=1S/C14H22N2O2/c1-10-7-8-12(15)11(2)14(10)18-9-5-6-13(17)16(3)4/h7-8H,5-6,9,15H2,1-4H3. The van der Waals surface area contributed by atoms with Crippen LogP contribution in [0, 0.1) is 13.8 Å². The summed E-state index contributed by atoms with van der Waals surface area (Å²) >= 11 is 0. The Morgan fingerprint density at radius 2 is 2.00 bits per heavy atom. The third kappa shape index (κ3) is 3.65. The van der Waals surface area contributed by atoms with E-state index in [9.17, 15) is 4.79 Å². The number of anilines is 1. The zero-order valence-corrected chi connectivity index (χ0v) is 11.6. The van der Waals surface area contributed by atoms with Crippen molar-refractivity contribution in [1.29, 1.82) is 0 Å². The van der Waals surface area contributed by atoms with Gasteiger partial charge in [0, 0.05) is 31.8 Å². The molecule has 4 heteroatoms. The largest absolute Gasteiger partial charge is 0.493 e. The van der Waals surface area contributed by atoms with Gasteiger partial charge in [0.15, 0.2) is 0 Å². The number of amides is 1. The van der Waals surface area contributed by atoms with Crippen LogP contribution in [0.4, 0.5) is 5.69 Å². The topological polar surface area (TPSA) is 55.6 Å². The van der Waals surface area contributed by atoms with E-state index in [0.29, 0.717) is 19.4 Å². The second-order valence-electron chi connectivity index (χ2n) is 4.67. The molecular weight excluding hydrogens is 228 g/mol. The fraction of sp³-hybridized carbons (Fsp3) is 0.500. The molecule has 0 spiro atoms. The van der Waals surface area contributed by atoms with Crippen molar-refractivity contribution in [2.45, 2.75) is 26.7 Å². The van der Waals surface area contributed by atoms with Crippen molar-refractivity contribution in [3.63, 3.8) is 0 Å². The maximum atomic E-state index is 11.4. The first-order chi connectivity index (χ1) is 8.43. The minimum atomic E-state index is 0.125. The summed E-state index contributed by atoms with van der Waals surface area (Å²) in [5.41, 5.74) is 8.61. The first-order valence-electron chi connectivity index (χ1n) is 6.12. The minimum Gasteiger partial charge on any atom is -0.493 e. The van der Waals surface area contributed by atoms with Crippen molar-refractivity contribution < 1.29 is 9.53 Å². The Morgan fingerprint density at radius 1 is 1.33 bits per heavy atom. The maximum absolute atomic E-state index is 11.4. The quantitative estimate of drug-likeness (QED) is 0.643. The molecule has 2 N–H and O–H groups in total. The minimum absolute atomic E-state index is 0.125. The molecule has 1 aromatic rings. The van der Waals surface area contributed by atoms with Gasteiger partial charge in [-0.1, -0.05) is 6.07 Å². The second-order valence-corrected chi connectivity index (χ2v) is 4.67. The number of ether oxygens (including phenoxy) is 1. The van der Waals surface area contributed by atoms with Crippen molar-refractivity contribution in [2.75, 3.05) is 26.4 Å². The SMILES string of the molecule is Cc1ccc(N)c(C)c1OCCCC(=O)N(C)C. The van der Waals surface area contributed by atoms with Gasteiger partial charge in [-0.2, -0.15) is 0 Å². The zero-order valence-electron chi connectivity index (χ0n) is 11.6. The molecule has 4 nitrogen and oxygen atoms in total. The molecule has 0 atom stereocenters. The van der Waals surface area contributed by atoms with Gasteiger partial charge in [0.1, 0.15) is 5.75 Å². The van der Waals surface area contributed by atoms with Gasteiger partial charge in [0.05, 0.1) is 6.61 Å². The maximum Gasteiger partial charge on any atom is 0.222 e. The van der Waals surface area contributed by atoms with E-state index in [0.717, 1.165) is 22.6 Å². The predicted octanol–water partition coefficient (Wildman–Crippen LogP) is 2.13. The Morgan fingerprint density at radius 3 is 2.61 bits per heavy atom. The molecule has 0 fully saturated rings. The van der Waals surface area contributed by atoms with E-state index >= 15 is 0 Å². The third-order valence-corrected chi connectivity index (χ3v) is 2.92. The molecule has 1 aromatic carbocycles. The molecule has 1 amide bonds. The monoisotopic (exact) mass is 250 g/mol. The smallest absolute Gasteiger partial charge is 0.222 e. The van der Waals surface area contributed by atoms with Gasteiger partial charge in [-0.05, 0) is 31.9 Å². The number of aryl methyl sites for hydroxylation is 1. The molecule has 0 aromatic heterocycles. The lowest BCUT2D eigenvalue weighted by Gasteiger charge is -2.14. The lowest BCUT2D eigenvalue weighted by Crippen LogP contribution is -2.21. The van der Waals surface area contributed by atoms with Crippen LogP contribution in [0.5, 0.6) is 5.75 Å². The lowest BCUT2D eigenvalue weighted by molar-refractivity contribution is -0.128. The van der Waals surface area contributed by atoms with Crippen LogP contribution in [0.3, 0.4) is 0 Å². The highest BCUT2D eigenvalue weighted by Gasteiger charge is 2.08. The average molecular weight is 250 g/mol. The van der Waals surface area contributed by atoms with Crippen molar-refractivity contribution in [3.8, 4) is 5.75 Å². The van der Waals surface area contributed by atoms with E-state index < -0.39 is 0 Å². The molecule has 100 valence electrons. The van der Waals surface area contributed by atoms with Gasteiger partial charge in [0.2, 0.25) is 5.91 Å². The van der Waals surface area contributed by atoms with Crippen molar-refractivity contribution in [1.82, 2.24) is 4.90 Å². The Labute approximate surface area is 109 Å². The summed E-state index contributed by atoms with van der Waals surface area (Å²) in [6, 6.07) is 3.83. The molecule has 0 saturated carbocycles. The highest BCUT2D eigenvalue weighted by molar-refractivity contribution is 5.75. The van der Waals surface area contributed by atoms with Crippen LogP contribution in [0.25, 0.3) is 0 Å². The van der Waals surface area contributed by atoms with E-state index in [2.05, 4.69) is 0 Å². The third-order valence-electron chi connectivity index (χ3n) is 2.92. The molecule has 0 saturated heterocycles. The van der Waals surface area contributed by atoms with Gasteiger partial charge in [-0.15, -0.1) is 0 Å². The van der Waals surface area contributed by atoms with Crippen molar-refractivity contribution >= 4 is 11.6 Å². The fourth-order valence-corrected chi connectivity index (χ4v) is 1.69. The summed E-state index contributed by atoms with van der Waals surface area (Å²) < 4.78 is 5.73. The van der Waals surface area contributed by atoms with Crippen LogP contribution in [-0.4, -0.2) is 31.5 Å². The van der Waals surface area contributed by atoms with E-state index in [1.165, 1.54) is 0 Å². The summed E-state index contributed by atoms with van der Waals surface area (Å²) in [5.74, 6) is 0.965. The van der Waals surface area contributed by atoms with Gasteiger partial charge < -0.3 is 15.4 Å². The summed E-state index contributed by atoms with van der Waals surface area (Å²) in [5, 5.41) is 0. The number of benzene rings is 1. The van der Waals surface area contributed by atoms with Crippen molar-refractivity contribution in [3.05, 3.63) is 23.3 Å². The summed E-state index contributed by atoms with van der Waals surface area (Å²) in [6.45, 7) is 4.47. The Bertz CT molecular complexity index is 428. The average Bonchev–Trinajstić information content (AvgIpc) is 2.32. The summed E-state index contributed by atoms with van der Waals surface area (Å²) in [6.07, 6.45) is 1.22. The first-order valence-corrected chi connectivity index (χ1v) is 6.12. The number of nitrogens with zero attached hydrogens (tertiary/aromatic N) is 1. The molecule has 0 unspecified atom stereocenters. The van der Waals surface area contributed by atoms with Gasteiger partial charge in [-0.3, -0.25) is 4.79 Å². The van der Waals surface area contributed by atoms with E-state index in [4.69, 9.17) is 10.5 Å². The number of nitrogen functional groups attached to an aromatic ring is 1. The molecule has 0 aliphatic rings. The van der Waals surface area contributed by atoms with E-state index in [-0.39, 0.29) is 5.91 Å². The number of hydrogen-bond acceptors (Lipinski definition) is 3. The van der Waals surface area contributed by atoms with E-state index in [1.54, 1.807) is 19.0 Å². The Balaban J connectivity index is 2.50. The zero-order chi connectivity index (χ0) is 13.7. The van der Waals surface area contributed by atoms with E-state index in [1.807, 2.05) is 26.0 Å². The molecule has 18 heavy (non-hydrogen) atoms. The van der Waals surface area contributed by atoms with Gasteiger partial charge in [0.25, 0.3) is 0 Å². The molecule has 1 rings (SSSR count).